The highest BCUT2D eigenvalue weighted by atomic mass is 35.5. The number of benzene rings is 1. The molecule has 1 unspecified atom stereocenters. The molecule has 0 fully saturated rings. The number of nitrogens with one attached hydrogen (secondary N) is 1. The Kier molecular flexibility index (Phi) is 2.84. The number of nitrogens with zero attached hydrogens (tertiary/aromatic N) is 1. The standard InChI is InChI=1S/C12H11ClN2O/c1-7-10(13)3-2-8-6-9(4-5-14)12(16)15-11(7)8/h2-3,9H,4,6H2,1H3,(H,15,16). The Morgan fingerprint density at radius 3 is 3.06 bits per heavy atom. The molecule has 1 aliphatic rings. The van der Waals surface area contributed by atoms with Gasteiger partial charge in [-0.05, 0) is 30.5 Å². The molecule has 1 aromatic carbocycles. The molecular weight excluding hydrogens is 224 g/mol. The van der Waals surface area contributed by atoms with E-state index < -0.39 is 0 Å². The van der Waals surface area contributed by atoms with E-state index in [1.54, 1.807) is 0 Å². The number of carbonyl (C=O) groups excluding carboxylic acids is 1. The Morgan fingerprint density at radius 2 is 2.38 bits per heavy atom. The van der Waals surface area contributed by atoms with Crippen molar-refractivity contribution >= 4 is 23.2 Å². The summed E-state index contributed by atoms with van der Waals surface area (Å²) >= 11 is 5.99. The van der Waals surface area contributed by atoms with Crippen LogP contribution in [-0.2, 0) is 11.2 Å². The molecule has 82 valence electrons. The minimum atomic E-state index is -0.238. The molecule has 4 heteroatoms. The van der Waals surface area contributed by atoms with Crippen molar-refractivity contribution in [3.63, 3.8) is 0 Å². The molecule has 2 rings (SSSR count). The Morgan fingerprint density at radius 1 is 1.62 bits per heavy atom. The SMILES string of the molecule is Cc1c(Cl)ccc2c1NC(=O)C(CC#N)C2. The number of anilines is 1. The lowest BCUT2D eigenvalue weighted by Gasteiger charge is -2.24. The fourth-order valence-electron chi connectivity index (χ4n) is 1.94. The normalized spacial score (nSPS) is 18.6. The summed E-state index contributed by atoms with van der Waals surface area (Å²) in [6, 6.07) is 5.78. The Labute approximate surface area is 99.0 Å². The van der Waals surface area contributed by atoms with Gasteiger partial charge in [-0.15, -0.1) is 0 Å². The number of carbonyl (C=O) groups is 1. The predicted octanol–water partition coefficient (Wildman–Crippen LogP) is 2.67. The molecule has 1 aliphatic heterocycles. The average molecular weight is 235 g/mol. The number of nitriles is 1. The van der Waals surface area contributed by atoms with E-state index in [1.807, 2.05) is 25.1 Å². The van der Waals surface area contributed by atoms with E-state index in [2.05, 4.69) is 5.32 Å². The minimum Gasteiger partial charge on any atom is -0.325 e. The van der Waals surface area contributed by atoms with Crippen molar-refractivity contribution in [2.24, 2.45) is 5.92 Å². The summed E-state index contributed by atoms with van der Waals surface area (Å²) < 4.78 is 0. The highest BCUT2D eigenvalue weighted by Gasteiger charge is 2.27. The van der Waals surface area contributed by atoms with Gasteiger partial charge in [0.1, 0.15) is 0 Å². The molecule has 0 aliphatic carbocycles. The van der Waals surface area contributed by atoms with Gasteiger partial charge in [-0.2, -0.15) is 5.26 Å². The molecule has 1 aromatic rings. The molecule has 16 heavy (non-hydrogen) atoms. The van der Waals surface area contributed by atoms with Gasteiger partial charge in [0, 0.05) is 17.1 Å². The van der Waals surface area contributed by atoms with Gasteiger partial charge in [-0.3, -0.25) is 4.79 Å². The van der Waals surface area contributed by atoms with Crippen LogP contribution in [0.25, 0.3) is 0 Å². The van der Waals surface area contributed by atoms with Crippen LogP contribution in [0.4, 0.5) is 5.69 Å². The maximum atomic E-state index is 11.7. The van der Waals surface area contributed by atoms with Crippen LogP contribution >= 0.6 is 11.6 Å². The van der Waals surface area contributed by atoms with Crippen molar-refractivity contribution in [3.8, 4) is 6.07 Å². The molecule has 1 N–H and O–H groups in total. The summed E-state index contributed by atoms with van der Waals surface area (Å²) in [4.78, 5) is 11.7. The maximum absolute atomic E-state index is 11.7. The molecule has 0 bridgehead atoms. The second-order valence-corrected chi connectivity index (χ2v) is 4.37. The maximum Gasteiger partial charge on any atom is 0.228 e. The third-order valence-corrected chi connectivity index (χ3v) is 3.32. The molecule has 0 aromatic heterocycles. The van der Waals surface area contributed by atoms with Gasteiger partial charge in [-0.25, -0.2) is 0 Å². The number of hydrogen-bond acceptors (Lipinski definition) is 2. The summed E-state index contributed by atoms with van der Waals surface area (Å²) in [7, 11) is 0. The molecule has 1 amide bonds. The van der Waals surface area contributed by atoms with Gasteiger partial charge in [0.25, 0.3) is 0 Å². The van der Waals surface area contributed by atoms with E-state index >= 15 is 0 Å². The lowest BCUT2D eigenvalue weighted by atomic mass is 9.90. The van der Waals surface area contributed by atoms with Gasteiger partial charge in [0.2, 0.25) is 5.91 Å². The van der Waals surface area contributed by atoms with Crippen molar-refractivity contribution in [2.75, 3.05) is 5.32 Å². The van der Waals surface area contributed by atoms with Crippen molar-refractivity contribution in [1.29, 1.82) is 5.26 Å². The zero-order valence-electron chi connectivity index (χ0n) is 8.88. The van der Waals surface area contributed by atoms with Crippen molar-refractivity contribution in [1.82, 2.24) is 0 Å². The quantitative estimate of drug-likeness (QED) is 0.812. The zero-order chi connectivity index (χ0) is 11.7. The van der Waals surface area contributed by atoms with Gasteiger partial charge in [0.15, 0.2) is 0 Å². The fourth-order valence-corrected chi connectivity index (χ4v) is 2.10. The molecule has 1 atom stereocenters. The van der Waals surface area contributed by atoms with E-state index in [0.717, 1.165) is 16.8 Å². The van der Waals surface area contributed by atoms with Gasteiger partial charge in [0.05, 0.1) is 12.0 Å². The molecule has 0 spiro atoms. The van der Waals surface area contributed by atoms with E-state index in [-0.39, 0.29) is 18.2 Å². The van der Waals surface area contributed by atoms with E-state index in [9.17, 15) is 4.79 Å². The first-order valence-electron chi connectivity index (χ1n) is 5.09. The highest BCUT2D eigenvalue weighted by Crippen LogP contribution is 2.33. The van der Waals surface area contributed by atoms with Gasteiger partial charge < -0.3 is 5.32 Å². The van der Waals surface area contributed by atoms with Crippen molar-refractivity contribution < 1.29 is 4.79 Å². The molecule has 1 heterocycles. The second-order valence-electron chi connectivity index (χ2n) is 3.96. The topological polar surface area (TPSA) is 52.9 Å². The predicted molar refractivity (Wildman–Crippen MR) is 62.2 cm³/mol. The summed E-state index contributed by atoms with van der Waals surface area (Å²) in [5.74, 6) is -0.322. The van der Waals surface area contributed by atoms with E-state index in [4.69, 9.17) is 16.9 Å². The average Bonchev–Trinajstić information content (AvgIpc) is 2.26. The van der Waals surface area contributed by atoms with Crippen LogP contribution in [0.5, 0.6) is 0 Å². The molecule has 0 saturated heterocycles. The van der Waals surface area contributed by atoms with Crippen LogP contribution in [0, 0.1) is 24.2 Å². The molecule has 0 radical (unpaired) electrons. The zero-order valence-corrected chi connectivity index (χ0v) is 9.64. The number of fused-ring (bicyclic) bond motifs is 1. The Hall–Kier alpha value is -1.53. The summed E-state index contributed by atoms with van der Waals surface area (Å²) in [6.07, 6.45) is 0.875. The first kappa shape index (κ1) is 11.0. The van der Waals surface area contributed by atoms with Crippen LogP contribution in [0.2, 0.25) is 5.02 Å². The first-order chi connectivity index (χ1) is 7.63. The second kappa shape index (κ2) is 4.15. The number of rotatable bonds is 1. The summed E-state index contributed by atoms with van der Waals surface area (Å²) in [6.45, 7) is 1.88. The molecule has 3 nitrogen and oxygen atoms in total. The van der Waals surface area contributed by atoms with Crippen molar-refractivity contribution in [3.05, 3.63) is 28.3 Å². The largest absolute Gasteiger partial charge is 0.325 e. The van der Waals surface area contributed by atoms with Crippen LogP contribution < -0.4 is 5.32 Å². The van der Waals surface area contributed by atoms with Crippen LogP contribution in [0.1, 0.15) is 17.5 Å². The number of hydrogen-bond donors (Lipinski definition) is 1. The summed E-state index contributed by atoms with van der Waals surface area (Å²) in [5, 5.41) is 12.1. The third kappa shape index (κ3) is 1.77. The Bertz CT molecular complexity index is 491. The third-order valence-electron chi connectivity index (χ3n) is 2.91. The van der Waals surface area contributed by atoms with Crippen LogP contribution in [-0.4, -0.2) is 5.91 Å². The van der Waals surface area contributed by atoms with Gasteiger partial charge >= 0.3 is 0 Å². The van der Waals surface area contributed by atoms with E-state index in [1.165, 1.54) is 0 Å². The number of amides is 1. The van der Waals surface area contributed by atoms with Crippen molar-refractivity contribution in [2.45, 2.75) is 19.8 Å². The smallest absolute Gasteiger partial charge is 0.228 e. The molecular formula is C12H11ClN2O. The molecule has 0 saturated carbocycles. The Balaban J connectivity index is 2.39. The van der Waals surface area contributed by atoms with Gasteiger partial charge in [-0.1, -0.05) is 17.7 Å². The first-order valence-corrected chi connectivity index (χ1v) is 5.47. The van der Waals surface area contributed by atoms with Crippen LogP contribution in [0.3, 0.4) is 0 Å². The lowest BCUT2D eigenvalue weighted by molar-refractivity contribution is -0.120. The fraction of sp³-hybridized carbons (Fsp3) is 0.333. The minimum absolute atomic E-state index is 0.0839. The summed E-state index contributed by atoms with van der Waals surface area (Å²) in [5.41, 5.74) is 2.76. The lowest BCUT2D eigenvalue weighted by Crippen LogP contribution is -2.30. The number of halogens is 1. The van der Waals surface area contributed by atoms with Crippen LogP contribution in [0.15, 0.2) is 12.1 Å². The monoisotopic (exact) mass is 234 g/mol. The highest BCUT2D eigenvalue weighted by molar-refractivity contribution is 6.31. The van der Waals surface area contributed by atoms with E-state index in [0.29, 0.717) is 11.4 Å².